The summed E-state index contributed by atoms with van der Waals surface area (Å²) in [6, 6.07) is 17.2. The molecule has 140 valence electrons. The van der Waals surface area contributed by atoms with E-state index in [1.807, 2.05) is 56.4 Å². The van der Waals surface area contributed by atoms with Crippen molar-refractivity contribution in [2.75, 3.05) is 10.6 Å². The van der Waals surface area contributed by atoms with Crippen LogP contribution in [0.1, 0.15) is 11.1 Å². The molecular formula is C22H19FN4O. The Morgan fingerprint density at radius 2 is 1.64 bits per heavy atom. The van der Waals surface area contributed by atoms with Gasteiger partial charge in [0.05, 0.1) is 0 Å². The molecule has 2 aromatic carbocycles. The summed E-state index contributed by atoms with van der Waals surface area (Å²) in [5.41, 5.74) is 4.09. The molecule has 2 aromatic heterocycles. The number of aryl methyl sites for hydroxylation is 2. The van der Waals surface area contributed by atoms with Gasteiger partial charge in [-0.2, -0.15) is 0 Å². The van der Waals surface area contributed by atoms with E-state index in [2.05, 4.69) is 15.6 Å². The number of nitrogens with zero attached hydrogens (tertiary/aromatic N) is 2. The number of amides is 2. The number of nitrogens with one attached hydrogen (secondary N) is 2. The van der Waals surface area contributed by atoms with Gasteiger partial charge >= 0.3 is 6.03 Å². The van der Waals surface area contributed by atoms with Crippen LogP contribution < -0.4 is 10.6 Å². The molecule has 0 aliphatic heterocycles. The fourth-order valence-electron chi connectivity index (χ4n) is 3.02. The average molecular weight is 374 g/mol. The summed E-state index contributed by atoms with van der Waals surface area (Å²) >= 11 is 0. The molecule has 28 heavy (non-hydrogen) atoms. The number of hydrogen-bond acceptors (Lipinski definition) is 2. The number of urea groups is 1. The van der Waals surface area contributed by atoms with Crippen LogP contribution in [-0.4, -0.2) is 15.4 Å². The smallest absolute Gasteiger partial charge is 0.308 e. The molecule has 2 amide bonds. The van der Waals surface area contributed by atoms with Crippen LogP contribution >= 0.6 is 0 Å². The van der Waals surface area contributed by atoms with E-state index in [1.165, 1.54) is 6.07 Å². The molecule has 0 spiro atoms. The highest BCUT2D eigenvalue weighted by Gasteiger charge is 2.19. The van der Waals surface area contributed by atoms with Crippen molar-refractivity contribution >= 4 is 23.2 Å². The number of fused-ring (bicyclic) bond motifs is 1. The fourth-order valence-corrected chi connectivity index (χ4v) is 3.02. The van der Waals surface area contributed by atoms with E-state index in [1.54, 1.807) is 22.6 Å². The van der Waals surface area contributed by atoms with E-state index in [-0.39, 0.29) is 0 Å². The summed E-state index contributed by atoms with van der Waals surface area (Å²) in [7, 11) is 0. The van der Waals surface area contributed by atoms with Gasteiger partial charge in [-0.15, -0.1) is 0 Å². The molecule has 0 saturated carbocycles. The van der Waals surface area contributed by atoms with Crippen LogP contribution in [-0.2, 0) is 0 Å². The van der Waals surface area contributed by atoms with Crippen molar-refractivity contribution in [3.8, 4) is 11.3 Å². The maximum Gasteiger partial charge on any atom is 0.324 e. The molecule has 2 N–H and O–H groups in total. The van der Waals surface area contributed by atoms with Gasteiger partial charge in [0.25, 0.3) is 0 Å². The van der Waals surface area contributed by atoms with Crippen LogP contribution in [0.3, 0.4) is 0 Å². The van der Waals surface area contributed by atoms with Crippen LogP contribution in [0.5, 0.6) is 0 Å². The minimum absolute atomic E-state index is 0.328. The number of hydrogen-bond donors (Lipinski definition) is 2. The molecule has 0 atom stereocenters. The SMILES string of the molecule is Cc1ccc(NC(=O)Nc2c(-c3ccccc3F)nc3ccc(C)cn23)cc1. The second-order valence-corrected chi connectivity index (χ2v) is 6.67. The number of pyridine rings is 1. The third-order valence-electron chi connectivity index (χ3n) is 4.44. The predicted octanol–water partition coefficient (Wildman–Crippen LogP) is 5.40. The zero-order valence-corrected chi connectivity index (χ0v) is 15.5. The number of anilines is 2. The lowest BCUT2D eigenvalue weighted by Gasteiger charge is -2.10. The second kappa shape index (κ2) is 7.15. The van der Waals surface area contributed by atoms with Crippen LogP contribution in [0, 0.1) is 19.7 Å². The molecule has 0 bridgehead atoms. The maximum absolute atomic E-state index is 14.4. The summed E-state index contributed by atoms with van der Waals surface area (Å²) < 4.78 is 16.2. The minimum atomic E-state index is -0.426. The Morgan fingerprint density at radius 1 is 0.929 bits per heavy atom. The van der Waals surface area contributed by atoms with Gasteiger partial charge in [-0.3, -0.25) is 9.72 Å². The number of carbonyl (C=O) groups is 1. The molecular weight excluding hydrogens is 355 g/mol. The van der Waals surface area contributed by atoms with Gasteiger partial charge < -0.3 is 5.32 Å². The van der Waals surface area contributed by atoms with Crippen molar-refractivity contribution < 1.29 is 9.18 Å². The first-order valence-corrected chi connectivity index (χ1v) is 8.89. The lowest BCUT2D eigenvalue weighted by atomic mass is 10.1. The predicted molar refractivity (Wildman–Crippen MR) is 109 cm³/mol. The Kier molecular flexibility index (Phi) is 4.53. The minimum Gasteiger partial charge on any atom is -0.308 e. The molecule has 5 nitrogen and oxygen atoms in total. The summed E-state index contributed by atoms with van der Waals surface area (Å²) in [6.07, 6.45) is 1.86. The van der Waals surface area contributed by atoms with Gasteiger partial charge in [-0.05, 0) is 49.7 Å². The number of imidazole rings is 1. The van der Waals surface area contributed by atoms with E-state index < -0.39 is 11.8 Å². The van der Waals surface area contributed by atoms with E-state index in [0.29, 0.717) is 28.4 Å². The number of aromatic nitrogens is 2. The first kappa shape index (κ1) is 17.7. The van der Waals surface area contributed by atoms with Crippen molar-refractivity contribution in [3.05, 3.63) is 83.8 Å². The molecule has 0 aliphatic carbocycles. The third-order valence-corrected chi connectivity index (χ3v) is 4.44. The maximum atomic E-state index is 14.4. The van der Waals surface area contributed by atoms with Crippen molar-refractivity contribution in [2.45, 2.75) is 13.8 Å². The molecule has 0 aliphatic rings. The lowest BCUT2D eigenvalue weighted by molar-refractivity contribution is 0.262. The number of carbonyl (C=O) groups excluding carboxylic acids is 1. The molecule has 0 radical (unpaired) electrons. The van der Waals surface area contributed by atoms with Crippen molar-refractivity contribution in [3.63, 3.8) is 0 Å². The van der Waals surface area contributed by atoms with Crippen LogP contribution in [0.25, 0.3) is 16.9 Å². The quantitative estimate of drug-likeness (QED) is 0.504. The van der Waals surface area contributed by atoms with Gasteiger partial charge in [0.2, 0.25) is 0 Å². The average Bonchev–Trinajstić information content (AvgIpc) is 3.01. The Morgan fingerprint density at radius 3 is 2.39 bits per heavy atom. The van der Waals surface area contributed by atoms with Crippen molar-refractivity contribution in [2.24, 2.45) is 0 Å². The normalized spacial score (nSPS) is 10.8. The van der Waals surface area contributed by atoms with Gasteiger partial charge in [0.15, 0.2) is 0 Å². The van der Waals surface area contributed by atoms with Gasteiger partial charge in [-0.1, -0.05) is 35.9 Å². The topological polar surface area (TPSA) is 58.4 Å². The summed E-state index contributed by atoms with van der Waals surface area (Å²) in [5, 5.41) is 5.63. The van der Waals surface area contributed by atoms with E-state index >= 15 is 0 Å². The van der Waals surface area contributed by atoms with Crippen LogP contribution in [0.4, 0.5) is 20.7 Å². The van der Waals surface area contributed by atoms with Gasteiger partial charge in [0, 0.05) is 17.4 Å². The number of benzene rings is 2. The molecule has 0 fully saturated rings. The molecule has 0 saturated heterocycles. The fraction of sp³-hybridized carbons (Fsp3) is 0.0909. The van der Waals surface area contributed by atoms with Gasteiger partial charge in [-0.25, -0.2) is 14.2 Å². The van der Waals surface area contributed by atoms with Crippen molar-refractivity contribution in [1.29, 1.82) is 0 Å². The van der Waals surface area contributed by atoms with E-state index in [4.69, 9.17) is 0 Å². The highest BCUT2D eigenvalue weighted by molar-refractivity contribution is 6.01. The Labute approximate surface area is 161 Å². The molecule has 2 heterocycles. The monoisotopic (exact) mass is 374 g/mol. The molecule has 4 aromatic rings. The largest absolute Gasteiger partial charge is 0.324 e. The first-order chi connectivity index (χ1) is 13.5. The zero-order chi connectivity index (χ0) is 19.7. The summed E-state index contributed by atoms with van der Waals surface area (Å²) in [4.78, 5) is 17.1. The Hall–Kier alpha value is -3.67. The Balaban J connectivity index is 1.75. The van der Waals surface area contributed by atoms with Gasteiger partial charge in [0.1, 0.15) is 23.0 Å². The summed E-state index contributed by atoms with van der Waals surface area (Å²) in [6.45, 7) is 3.92. The molecule has 4 rings (SSSR count). The second-order valence-electron chi connectivity index (χ2n) is 6.67. The van der Waals surface area contributed by atoms with Crippen molar-refractivity contribution in [1.82, 2.24) is 9.38 Å². The van der Waals surface area contributed by atoms with E-state index in [0.717, 1.165) is 11.1 Å². The van der Waals surface area contributed by atoms with E-state index in [9.17, 15) is 9.18 Å². The van der Waals surface area contributed by atoms with Crippen LogP contribution in [0.2, 0.25) is 0 Å². The standard InChI is InChI=1S/C22H19FN4O/c1-14-7-10-16(11-8-14)24-22(28)26-21-20(17-5-3-4-6-18(17)23)25-19-12-9-15(2)13-27(19)21/h3-13H,1-2H3,(H2,24,26,28). The van der Waals surface area contributed by atoms with Crippen LogP contribution in [0.15, 0.2) is 66.9 Å². The molecule has 6 heteroatoms. The molecule has 0 unspecified atom stereocenters. The Bertz CT molecular complexity index is 1170. The first-order valence-electron chi connectivity index (χ1n) is 8.89. The highest BCUT2D eigenvalue weighted by atomic mass is 19.1. The zero-order valence-electron chi connectivity index (χ0n) is 15.5. The highest BCUT2D eigenvalue weighted by Crippen LogP contribution is 2.31. The summed E-state index contributed by atoms with van der Waals surface area (Å²) in [5.74, 6) is 0.0121. The third kappa shape index (κ3) is 3.44. The number of rotatable bonds is 3. The number of halogens is 1. The lowest BCUT2D eigenvalue weighted by Crippen LogP contribution is -2.20.